The van der Waals surface area contributed by atoms with Crippen LogP contribution in [0.25, 0.3) is 0 Å². The molecular formula is C7H13NO3. The minimum atomic E-state index is -0.584. The van der Waals surface area contributed by atoms with Gasteiger partial charge in [-0.2, -0.15) is 0 Å². The van der Waals surface area contributed by atoms with Gasteiger partial charge >= 0.3 is 0 Å². The van der Waals surface area contributed by atoms with E-state index in [-0.39, 0.29) is 19.1 Å². The standard InChI is InChI=1S/C7H13NO3/c1-5(2)7(11)8-6(3-9)4-10/h6,9-10H,1,3-4H2,2H3,(H,8,11). The normalized spacial score (nSPS) is 9.82. The van der Waals surface area contributed by atoms with Crippen LogP contribution in [0.1, 0.15) is 6.92 Å². The minimum Gasteiger partial charge on any atom is -0.394 e. The Balaban J connectivity index is 3.81. The molecule has 0 aromatic heterocycles. The summed E-state index contributed by atoms with van der Waals surface area (Å²) in [4.78, 5) is 10.8. The summed E-state index contributed by atoms with van der Waals surface area (Å²) in [6, 6.07) is -0.584. The predicted molar refractivity (Wildman–Crippen MR) is 40.9 cm³/mol. The van der Waals surface area contributed by atoms with Crippen LogP contribution in [-0.2, 0) is 4.79 Å². The Morgan fingerprint density at radius 1 is 1.55 bits per heavy atom. The molecule has 0 radical (unpaired) electrons. The van der Waals surface area contributed by atoms with Crippen LogP contribution in [0.5, 0.6) is 0 Å². The highest BCUT2D eigenvalue weighted by Gasteiger charge is 2.09. The van der Waals surface area contributed by atoms with E-state index in [2.05, 4.69) is 11.9 Å². The Bertz CT molecular complexity index is 152. The van der Waals surface area contributed by atoms with Crippen molar-refractivity contribution in [1.29, 1.82) is 0 Å². The molecule has 0 spiro atoms. The van der Waals surface area contributed by atoms with Crippen molar-refractivity contribution in [3.8, 4) is 0 Å². The number of aliphatic hydroxyl groups excluding tert-OH is 2. The molecule has 4 heteroatoms. The molecule has 0 unspecified atom stereocenters. The number of carbonyl (C=O) groups excluding carboxylic acids is 1. The lowest BCUT2D eigenvalue weighted by Gasteiger charge is -2.12. The lowest BCUT2D eigenvalue weighted by atomic mass is 10.3. The first-order chi connectivity index (χ1) is 5.11. The molecule has 0 fully saturated rings. The first-order valence-electron chi connectivity index (χ1n) is 3.30. The zero-order chi connectivity index (χ0) is 8.85. The molecule has 1 amide bonds. The first kappa shape index (κ1) is 10.1. The maximum atomic E-state index is 10.8. The third-order valence-corrected chi connectivity index (χ3v) is 1.16. The highest BCUT2D eigenvalue weighted by molar-refractivity contribution is 5.92. The number of hydrogen-bond acceptors (Lipinski definition) is 3. The SMILES string of the molecule is C=C(C)C(=O)NC(CO)CO. The first-order valence-corrected chi connectivity index (χ1v) is 3.30. The van der Waals surface area contributed by atoms with Gasteiger partial charge in [-0.3, -0.25) is 4.79 Å². The van der Waals surface area contributed by atoms with Crippen LogP contribution in [0.15, 0.2) is 12.2 Å². The molecule has 0 saturated carbocycles. The van der Waals surface area contributed by atoms with E-state index in [0.29, 0.717) is 5.57 Å². The number of carbonyl (C=O) groups is 1. The fourth-order valence-corrected chi connectivity index (χ4v) is 0.458. The fraction of sp³-hybridized carbons (Fsp3) is 0.571. The van der Waals surface area contributed by atoms with Crippen LogP contribution in [0, 0.1) is 0 Å². The molecule has 4 nitrogen and oxygen atoms in total. The number of hydrogen-bond donors (Lipinski definition) is 3. The lowest BCUT2D eigenvalue weighted by Crippen LogP contribution is -2.40. The highest BCUT2D eigenvalue weighted by Crippen LogP contribution is 1.88. The van der Waals surface area contributed by atoms with Crippen LogP contribution in [0.4, 0.5) is 0 Å². The second-order valence-corrected chi connectivity index (χ2v) is 2.32. The van der Waals surface area contributed by atoms with E-state index >= 15 is 0 Å². The molecule has 0 aliphatic carbocycles. The van der Waals surface area contributed by atoms with Crippen molar-refractivity contribution in [1.82, 2.24) is 5.32 Å². The molecule has 3 N–H and O–H groups in total. The number of amides is 1. The Labute approximate surface area is 65.5 Å². The van der Waals surface area contributed by atoms with Crippen LogP contribution >= 0.6 is 0 Å². The molecule has 64 valence electrons. The van der Waals surface area contributed by atoms with Crippen molar-refractivity contribution in [3.05, 3.63) is 12.2 Å². The van der Waals surface area contributed by atoms with E-state index in [9.17, 15) is 4.79 Å². The summed E-state index contributed by atoms with van der Waals surface area (Å²) in [7, 11) is 0. The van der Waals surface area contributed by atoms with Crippen molar-refractivity contribution >= 4 is 5.91 Å². The van der Waals surface area contributed by atoms with Crippen molar-refractivity contribution < 1.29 is 15.0 Å². The van der Waals surface area contributed by atoms with Crippen LogP contribution in [0.2, 0.25) is 0 Å². The average Bonchev–Trinajstić information content (AvgIpc) is 1.99. The van der Waals surface area contributed by atoms with Gasteiger partial charge in [-0.15, -0.1) is 0 Å². The molecule has 0 saturated heterocycles. The molecule has 0 atom stereocenters. The third kappa shape index (κ3) is 3.75. The topological polar surface area (TPSA) is 69.6 Å². The van der Waals surface area contributed by atoms with E-state index in [4.69, 9.17) is 10.2 Å². The van der Waals surface area contributed by atoms with Gasteiger partial charge in [0.15, 0.2) is 0 Å². The van der Waals surface area contributed by atoms with E-state index in [1.807, 2.05) is 0 Å². The van der Waals surface area contributed by atoms with Gasteiger partial charge in [-0.05, 0) is 6.92 Å². The summed E-state index contributed by atoms with van der Waals surface area (Å²) >= 11 is 0. The second-order valence-electron chi connectivity index (χ2n) is 2.32. The van der Waals surface area contributed by atoms with Gasteiger partial charge in [-0.1, -0.05) is 6.58 Å². The molecule has 0 heterocycles. The second kappa shape index (κ2) is 4.87. The van der Waals surface area contributed by atoms with Crippen LogP contribution in [-0.4, -0.2) is 35.4 Å². The quantitative estimate of drug-likeness (QED) is 0.462. The molecule has 0 aromatic carbocycles. The zero-order valence-corrected chi connectivity index (χ0v) is 6.50. The molecular weight excluding hydrogens is 146 g/mol. The Morgan fingerprint density at radius 3 is 2.27 bits per heavy atom. The summed E-state index contributed by atoms with van der Waals surface area (Å²) < 4.78 is 0. The summed E-state index contributed by atoms with van der Waals surface area (Å²) in [6.45, 7) is 4.42. The average molecular weight is 159 g/mol. The minimum absolute atomic E-state index is 0.268. The van der Waals surface area contributed by atoms with Crippen molar-refractivity contribution in [2.45, 2.75) is 13.0 Å². The number of nitrogens with one attached hydrogen (secondary N) is 1. The van der Waals surface area contributed by atoms with Crippen LogP contribution < -0.4 is 5.32 Å². The van der Waals surface area contributed by atoms with Gasteiger partial charge in [0.25, 0.3) is 0 Å². The largest absolute Gasteiger partial charge is 0.394 e. The third-order valence-electron chi connectivity index (χ3n) is 1.16. The van der Waals surface area contributed by atoms with Gasteiger partial charge < -0.3 is 15.5 Å². The van der Waals surface area contributed by atoms with Gasteiger partial charge in [0.05, 0.1) is 19.3 Å². The fourth-order valence-electron chi connectivity index (χ4n) is 0.458. The maximum absolute atomic E-state index is 10.8. The predicted octanol–water partition coefficient (Wildman–Crippen LogP) is -0.968. The Hall–Kier alpha value is -0.870. The lowest BCUT2D eigenvalue weighted by molar-refractivity contribution is -0.118. The molecule has 11 heavy (non-hydrogen) atoms. The zero-order valence-electron chi connectivity index (χ0n) is 6.50. The van der Waals surface area contributed by atoms with E-state index in [1.165, 1.54) is 0 Å². The van der Waals surface area contributed by atoms with Gasteiger partial charge in [-0.25, -0.2) is 0 Å². The molecule has 0 bridgehead atoms. The monoisotopic (exact) mass is 159 g/mol. The van der Waals surface area contributed by atoms with E-state index in [1.54, 1.807) is 6.92 Å². The smallest absolute Gasteiger partial charge is 0.246 e. The molecule has 0 aromatic rings. The number of aliphatic hydroxyl groups is 2. The summed E-state index contributed by atoms with van der Waals surface area (Å²) in [6.07, 6.45) is 0. The van der Waals surface area contributed by atoms with Gasteiger partial charge in [0, 0.05) is 5.57 Å². The summed E-state index contributed by atoms with van der Waals surface area (Å²) in [5, 5.41) is 19.5. The summed E-state index contributed by atoms with van der Waals surface area (Å²) in [5.41, 5.74) is 0.358. The van der Waals surface area contributed by atoms with E-state index in [0.717, 1.165) is 0 Å². The Kier molecular flexibility index (Phi) is 4.49. The summed E-state index contributed by atoms with van der Waals surface area (Å²) in [5.74, 6) is -0.349. The van der Waals surface area contributed by atoms with Crippen LogP contribution in [0.3, 0.4) is 0 Å². The highest BCUT2D eigenvalue weighted by atomic mass is 16.3. The number of rotatable bonds is 4. The molecule has 0 aliphatic rings. The van der Waals surface area contributed by atoms with Crippen molar-refractivity contribution in [2.75, 3.05) is 13.2 Å². The van der Waals surface area contributed by atoms with Crippen molar-refractivity contribution in [3.63, 3.8) is 0 Å². The van der Waals surface area contributed by atoms with Gasteiger partial charge in [0.1, 0.15) is 0 Å². The van der Waals surface area contributed by atoms with E-state index < -0.39 is 6.04 Å². The Morgan fingerprint density at radius 2 is 2.00 bits per heavy atom. The molecule has 0 rings (SSSR count). The maximum Gasteiger partial charge on any atom is 0.246 e. The van der Waals surface area contributed by atoms with Crippen molar-refractivity contribution in [2.24, 2.45) is 0 Å². The molecule has 0 aliphatic heterocycles. The van der Waals surface area contributed by atoms with Gasteiger partial charge in [0.2, 0.25) is 5.91 Å².